The van der Waals surface area contributed by atoms with E-state index in [9.17, 15) is 9.59 Å². The van der Waals surface area contributed by atoms with Gasteiger partial charge in [-0.05, 0) is 17.5 Å². The van der Waals surface area contributed by atoms with E-state index in [4.69, 9.17) is 0 Å². The summed E-state index contributed by atoms with van der Waals surface area (Å²) in [5.41, 5.74) is 2.32. The van der Waals surface area contributed by atoms with Gasteiger partial charge in [-0.2, -0.15) is 0 Å². The molecule has 7 heteroatoms. The first kappa shape index (κ1) is 16.1. The van der Waals surface area contributed by atoms with Crippen LogP contribution in [-0.4, -0.2) is 21.1 Å². The lowest BCUT2D eigenvalue weighted by Crippen LogP contribution is -2.14. The van der Waals surface area contributed by atoms with Crippen LogP contribution >= 0.6 is 11.3 Å². The van der Waals surface area contributed by atoms with Gasteiger partial charge in [0.25, 0.3) is 5.91 Å². The van der Waals surface area contributed by atoms with Crippen LogP contribution in [0.4, 0.5) is 5.13 Å². The number of carbonyl (C=O) groups excluding carboxylic acids is 1. The van der Waals surface area contributed by atoms with Crippen molar-refractivity contribution in [2.24, 2.45) is 0 Å². The molecule has 1 aromatic carbocycles. The predicted molar refractivity (Wildman–Crippen MR) is 94.4 cm³/mol. The molecule has 122 valence electrons. The Labute approximate surface area is 142 Å². The fourth-order valence-corrected chi connectivity index (χ4v) is 2.87. The molecule has 0 radical (unpaired) electrons. The summed E-state index contributed by atoms with van der Waals surface area (Å²) in [5, 5.41) is 11.9. The first-order valence-corrected chi connectivity index (χ1v) is 8.28. The van der Waals surface area contributed by atoms with Gasteiger partial charge in [0.05, 0.1) is 5.56 Å². The molecule has 2 heterocycles. The normalized spacial score (nSPS) is 10.8. The molecule has 6 nitrogen and oxygen atoms in total. The zero-order valence-electron chi connectivity index (χ0n) is 13.2. The molecule has 0 aliphatic heterocycles. The Morgan fingerprint density at radius 3 is 2.50 bits per heavy atom. The lowest BCUT2D eigenvalue weighted by molar-refractivity contribution is 0.102. The number of amides is 1. The van der Waals surface area contributed by atoms with Crippen molar-refractivity contribution in [3.05, 3.63) is 64.1 Å². The highest BCUT2D eigenvalue weighted by molar-refractivity contribution is 7.18. The standard InChI is InChI=1S/C17H16N4O2S/c1-10(2)11-3-5-12(6-4-11)16-20-21-17(24-16)19-15(23)13-7-8-14(22)18-9-13/h3-10H,1-2H3,(H,18,22)(H,19,21,23). The number of benzene rings is 1. The van der Waals surface area contributed by atoms with Gasteiger partial charge < -0.3 is 4.98 Å². The first-order chi connectivity index (χ1) is 11.5. The molecule has 3 aromatic rings. The van der Waals surface area contributed by atoms with Gasteiger partial charge in [0, 0.05) is 17.8 Å². The van der Waals surface area contributed by atoms with Crippen LogP contribution in [0.2, 0.25) is 0 Å². The lowest BCUT2D eigenvalue weighted by Gasteiger charge is -2.04. The van der Waals surface area contributed by atoms with E-state index in [-0.39, 0.29) is 11.5 Å². The maximum Gasteiger partial charge on any atom is 0.258 e. The van der Waals surface area contributed by atoms with Gasteiger partial charge in [0.1, 0.15) is 5.01 Å². The fourth-order valence-electron chi connectivity index (χ4n) is 2.12. The molecule has 0 bridgehead atoms. The van der Waals surface area contributed by atoms with Crippen LogP contribution in [0, 0.1) is 0 Å². The van der Waals surface area contributed by atoms with Crippen molar-refractivity contribution in [1.29, 1.82) is 0 Å². The number of hydrogen-bond donors (Lipinski definition) is 2. The summed E-state index contributed by atoms with van der Waals surface area (Å²) < 4.78 is 0. The average molecular weight is 340 g/mol. The van der Waals surface area contributed by atoms with E-state index < -0.39 is 0 Å². The summed E-state index contributed by atoms with van der Waals surface area (Å²) >= 11 is 1.30. The van der Waals surface area contributed by atoms with E-state index in [1.807, 2.05) is 12.1 Å². The number of H-pyrrole nitrogens is 1. The molecule has 0 saturated heterocycles. The Balaban J connectivity index is 1.74. The van der Waals surface area contributed by atoms with Crippen molar-refractivity contribution in [2.75, 3.05) is 5.32 Å². The second-order valence-corrected chi connectivity index (χ2v) is 6.56. The van der Waals surface area contributed by atoms with E-state index in [2.05, 4.69) is 46.5 Å². The summed E-state index contributed by atoms with van der Waals surface area (Å²) in [7, 11) is 0. The highest BCUT2D eigenvalue weighted by Gasteiger charge is 2.11. The van der Waals surface area contributed by atoms with Crippen LogP contribution in [-0.2, 0) is 0 Å². The minimum atomic E-state index is -0.343. The van der Waals surface area contributed by atoms with Crippen molar-refractivity contribution in [3.63, 3.8) is 0 Å². The second-order valence-electron chi connectivity index (χ2n) is 5.58. The molecule has 0 aliphatic rings. The number of pyridine rings is 1. The predicted octanol–water partition coefficient (Wildman–Crippen LogP) is 3.27. The highest BCUT2D eigenvalue weighted by atomic mass is 32.1. The Bertz CT molecular complexity index is 892. The Morgan fingerprint density at radius 2 is 1.88 bits per heavy atom. The smallest absolute Gasteiger partial charge is 0.258 e. The van der Waals surface area contributed by atoms with E-state index in [0.29, 0.717) is 16.6 Å². The monoisotopic (exact) mass is 340 g/mol. The largest absolute Gasteiger partial charge is 0.328 e. The Morgan fingerprint density at radius 1 is 1.12 bits per heavy atom. The minimum Gasteiger partial charge on any atom is -0.328 e. The first-order valence-electron chi connectivity index (χ1n) is 7.47. The summed E-state index contributed by atoms with van der Waals surface area (Å²) in [6, 6.07) is 10.9. The van der Waals surface area contributed by atoms with Gasteiger partial charge >= 0.3 is 0 Å². The van der Waals surface area contributed by atoms with Crippen LogP contribution < -0.4 is 10.9 Å². The average Bonchev–Trinajstić information content (AvgIpc) is 3.04. The van der Waals surface area contributed by atoms with E-state index in [1.54, 1.807) is 0 Å². The maximum absolute atomic E-state index is 12.1. The molecule has 2 aromatic heterocycles. The number of aromatic nitrogens is 3. The van der Waals surface area contributed by atoms with E-state index in [0.717, 1.165) is 10.6 Å². The number of hydrogen-bond acceptors (Lipinski definition) is 5. The summed E-state index contributed by atoms with van der Waals surface area (Å²) in [6.45, 7) is 4.29. The summed E-state index contributed by atoms with van der Waals surface area (Å²) in [4.78, 5) is 25.6. The molecule has 0 saturated carbocycles. The van der Waals surface area contributed by atoms with Crippen molar-refractivity contribution >= 4 is 22.4 Å². The number of nitrogens with one attached hydrogen (secondary N) is 2. The molecule has 24 heavy (non-hydrogen) atoms. The van der Waals surface area contributed by atoms with Crippen molar-refractivity contribution < 1.29 is 4.79 Å². The molecule has 3 rings (SSSR count). The van der Waals surface area contributed by atoms with Gasteiger partial charge in [-0.25, -0.2) is 0 Å². The molecular formula is C17H16N4O2S. The van der Waals surface area contributed by atoms with Crippen LogP contribution in [0.1, 0.15) is 35.7 Å². The van der Waals surface area contributed by atoms with Crippen LogP contribution in [0.3, 0.4) is 0 Å². The molecule has 0 unspecified atom stereocenters. The topological polar surface area (TPSA) is 87.7 Å². The van der Waals surface area contributed by atoms with Crippen LogP contribution in [0.25, 0.3) is 10.6 Å². The fraction of sp³-hybridized carbons (Fsp3) is 0.176. The van der Waals surface area contributed by atoms with Gasteiger partial charge in [-0.1, -0.05) is 49.4 Å². The summed E-state index contributed by atoms with van der Waals surface area (Å²) in [6.07, 6.45) is 1.37. The molecular weight excluding hydrogens is 324 g/mol. The van der Waals surface area contributed by atoms with Crippen LogP contribution in [0.15, 0.2) is 47.4 Å². The zero-order valence-corrected chi connectivity index (χ0v) is 14.1. The quantitative estimate of drug-likeness (QED) is 0.763. The van der Waals surface area contributed by atoms with E-state index >= 15 is 0 Å². The number of carbonyl (C=O) groups is 1. The van der Waals surface area contributed by atoms with Crippen molar-refractivity contribution in [1.82, 2.24) is 15.2 Å². The molecule has 1 amide bonds. The zero-order chi connectivity index (χ0) is 17.1. The third-order valence-electron chi connectivity index (χ3n) is 3.52. The number of anilines is 1. The van der Waals surface area contributed by atoms with Crippen molar-refractivity contribution in [3.8, 4) is 10.6 Å². The van der Waals surface area contributed by atoms with E-state index in [1.165, 1.54) is 35.2 Å². The third-order valence-corrected chi connectivity index (χ3v) is 4.40. The molecule has 0 spiro atoms. The van der Waals surface area contributed by atoms with Crippen molar-refractivity contribution in [2.45, 2.75) is 19.8 Å². The van der Waals surface area contributed by atoms with Gasteiger partial charge in [0.15, 0.2) is 0 Å². The Kier molecular flexibility index (Phi) is 4.52. The second kappa shape index (κ2) is 6.76. The third kappa shape index (κ3) is 3.57. The lowest BCUT2D eigenvalue weighted by atomic mass is 10.0. The SMILES string of the molecule is CC(C)c1ccc(-c2nnc(NC(=O)c3ccc(=O)[nH]c3)s2)cc1. The maximum atomic E-state index is 12.1. The molecule has 0 fully saturated rings. The van der Waals surface area contributed by atoms with Gasteiger partial charge in [0.2, 0.25) is 10.7 Å². The number of aromatic amines is 1. The van der Waals surface area contributed by atoms with Gasteiger partial charge in [-0.3, -0.25) is 14.9 Å². The molecule has 0 aliphatic carbocycles. The molecule has 2 N–H and O–H groups in total. The highest BCUT2D eigenvalue weighted by Crippen LogP contribution is 2.27. The van der Waals surface area contributed by atoms with Gasteiger partial charge in [-0.15, -0.1) is 10.2 Å². The molecule has 0 atom stereocenters. The number of nitrogens with zero attached hydrogens (tertiary/aromatic N) is 2. The summed E-state index contributed by atoms with van der Waals surface area (Å²) in [5.74, 6) is 0.129. The van der Waals surface area contributed by atoms with Crippen LogP contribution in [0.5, 0.6) is 0 Å². The minimum absolute atomic E-state index is 0.255. The Hall–Kier alpha value is -2.80. The number of rotatable bonds is 4.